The molecule has 1 N–H and O–H groups in total. The van der Waals surface area contributed by atoms with Gasteiger partial charge in [-0.05, 0) is 51.2 Å². The van der Waals surface area contributed by atoms with E-state index < -0.39 is 17.7 Å². The largest absolute Gasteiger partial charge is 0.444 e. The fraction of sp³-hybridized carbons (Fsp3) is 0.440. The fourth-order valence-electron chi connectivity index (χ4n) is 3.85. The first kappa shape index (κ1) is 21.9. The van der Waals surface area contributed by atoms with Crippen LogP contribution in [0.25, 0.3) is 0 Å². The van der Waals surface area contributed by atoms with Gasteiger partial charge in [0.1, 0.15) is 11.6 Å². The van der Waals surface area contributed by atoms with Gasteiger partial charge in [-0.2, -0.15) is 0 Å². The van der Waals surface area contributed by atoms with Crippen LogP contribution < -0.4 is 5.32 Å². The number of amides is 2. The number of benzene rings is 2. The second kappa shape index (κ2) is 9.79. The molecule has 3 rings (SSSR count). The van der Waals surface area contributed by atoms with Crippen LogP contribution in [-0.4, -0.2) is 41.6 Å². The summed E-state index contributed by atoms with van der Waals surface area (Å²) < 4.78 is 5.48. The van der Waals surface area contributed by atoms with E-state index in [1.807, 2.05) is 57.2 Å². The molecule has 2 aromatic carbocycles. The Kier molecular flexibility index (Phi) is 7.14. The van der Waals surface area contributed by atoms with Crippen molar-refractivity contribution in [2.24, 2.45) is 0 Å². The first-order valence-corrected chi connectivity index (χ1v) is 10.7. The van der Waals surface area contributed by atoms with Crippen molar-refractivity contribution >= 4 is 12.0 Å². The third kappa shape index (κ3) is 6.09. The highest BCUT2D eigenvalue weighted by Crippen LogP contribution is 2.23. The normalized spacial score (nSPS) is 17.4. The van der Waals surface area contributed by atoms with E-state index in [-0.39, 0.29) is 11.8 Å². The number of carbonyl (C=O) groups excluding carboxylic acids is 2. The average molecular weight is 409 g/mol. The molecule has 2 amide bonds. The minimum atomic E-state index is -0.575. The smallest absolute Gasteiger partial charge is 0.410 e. The Morgan fingerprint density at radius 3 is 2.33 bits per heavy atom. The third-order valence-corrected chi connectivity index (χ3v) is 5.30. The topological polar surface area (TPSA) is 58.6 Å². The lowest BCUT2D eigenvalue weighted by Crippen LogP contribution is -2.48. The summed E-state index contributed by atoms with van der Waals surface area (Å²) in [7, 11) is 0. The lowest BCUT2D eigenvalue weighted by atomic mass is 9.92. The van der Waals surface area contributed by atoms with Crippen molar-refractivity contribution < 1.29 is 14.3 Å². The van der Waals surface area contributed by atoms with Gasteiger partial charge >= 0.3 is 6.09 Å². The third-order valence-electron chi connectivity index (χ3n) is 5.30. The molecule has 0 aliphatic carbocycles. The van der Waals surface area contributed by atoms with Crippen LogP contribution >= 0.6 is 0 Å². The zero-order valence-corrected chi connectivity index (χ0v) is 18.1. The highest BCUT2D eigenvalue weighted by atomic mass is 16.6. The molecule has 1 fully saturated rings. The Labute approximate surface area is 179 Å². The second-order valence-electron chi connectivity index (χ2n) is 8.87. The number of likely N-dealkylation sites (tertiary alicyclic amines) is 1. The fourth-order valence-corrected chi connectivity index (χ4v) is 3.85. The molecule has 0 radical (unpaired) electrons. The van der Waals surface area contributed by atoms with Crippen LogP contribution in [0.5, 0.6) is 0 Å². The summed E-state index contributed by atoms with van der Waals surface area (Å²) in [4.78, 5) is 27.0. The van der Waals surface area contributed by atoms with E-state index in [1.165, 1.54) is 11.1 Å². The minimum Gasteiger partial charge on any atom is -0.444 e. The molecule has 0 bridgehead atoms. The van der Waals surface area contributed by atoms with E-state index in [1.54, 1.807) is 4.90 Å². The molecule has 160 valence electrons. The molecular formula is C25H32N2O3. The Bertz CT molecular complexity index is 830. The van der Waals surface area contributed by atoms with Crippen LogP contribution in [0.4, 0.5) is 4.79 Å². The molecule has 0 unspecified atom stereocenters. The van der Waals surface area contributed by atoms with Gasteiger partial charge in [-0.25, -0.2) is 4.79 Å². The first-order chi connectivity index (χ1) is 14.3. The number of rotatable bonds is 6. The van der Waals surface area contributed by atoms with Crippen molar-refractivity contribution in [1.29, 1.82) is 0 Å². The van der Waals surface area contributed by atoms with E-state index in [0.29, 0.717) is 19.5 Å². The van der Waals surface area contributed by atoms with Crippen LogP contribution in [0.15, 0.2) is 60.7 Å². The van der Waals surface area contributed by atoms with Crippen molar-refractivity contribution in [3.05, 3.63) is 71.8 Å². The second-order valence-corrected chi connectivity index (χ2v) is 8.87. The van der Waals surface area contributed by atoms with Crippen molar-refractivity contribution in [2.75, 3.05) is 13.1 Å². The Balaban J connectivity index is 1.65. The molecule has 0 aromatic heterocycles. The molecule has 30 heavy (non-hydrogen) atoms. The number of hydrogen-bond donors (Lipinski definition) is 1. The lowest BCUT2D eigenvalue weighted by molar-refractivity contribution is -0.125. The number of hydrogen-bond acceptors (Lipinski definition) is 3. The highest BCUT2D eigenvalue weighted by molar-refractivity contribution is 5.86. The van der Waals surface area contributed by atoms with Crippen LogP contribution in [0.3, 0.4) is 0 Å². The van der Waals surface area contributed by atoms with Crippen molar-refractivity contribution in [2.45, 2.75) is 57.6 Å². The van der Waals surface area contributed by atoms with E-state index in [9.17, 15) is 9.59 Å². The van der Waals surface area contributed by atoms with Crippen molar-refractivity contribution in [3.8, 4) is 0 Å². The maximum absolute atomic E-state index is 13.0. The van der Waals surface area contributed by atoms with Crippen LogP contribution in [-0.2, 0) is 16.0 Å². The quantitative estimate of drug-likeness (QED) is 0.764. The zero-order chi connectivity index (χ0) is 21.6. The molecule has 1 saturated heterocycles. The summed E-state index contributed by atoms with van der Waals surface area (Å²) >= 11 is 0. The predicted octanol–water partition coefficient (Wildman–Crippen LogP) is 4.53. The van der Waals surface area contributed by atoms with Gasteiger partial charge in [0.15, 0.2) is 0 Å². The van der Waals surface area contributed by atoms with Crippen LogP contribution in [0.1, 0.15) is 50.7 Å². The molecule has 5 heteroatoms. The van der Waals surface area contributed by atoms with Gasteiger partial charge in [0.05, 0.1) is 0 Å². The van der Waals surface area contributed by atoms with Gasteiger partial charge in [0.25, 0.3) is 0 Å². The Morgan fingerprint density at radius 1 is 1.07 bits per heavy atom. The molecule has 5 nitrogen and oxygen atoms in total. The Morgan fingerprint density at radius 2 is 1.70 bits per heavy atom. The van der Waals surface area contributed by atoms with E-state index in [0.717, 1.165) is 12.8 Å². The standard InChI is InChI=1S/C25H32N2O3/c1-25(2,3)30-24(29)27-16-10-15-22(27)23(28)26-18-21(20-13-8-5-9-14-20)17-19-11-6-4-7-12-19/h4-9,11-14,21-22H,10,15-18H2,1-3H3,(H,26,28)/t21-,22+/m1/s1. The van der Waals surface area contributed by atoms with E-state index in [4.69, 9.17) is 4.74 Å². The van der Waals surface area contributed by atoms with Gasteiger partial charge in [-0.1, -0.05) is 60.7 Å². The summed E-state index contributed by atoms with van der Waals surface area (Å²) in [5.41, 5.74) is 1.85. The first-order valence-electron chi connectivity index (χ1n) is 10.7. The predicted molar refractivity (Wildman–Crippen MR) is 118 cm³/mol. The van der Waals surface area contributed by atoms with E-state index >= 15 is 0 Å². The lowest BCUT2D eigenvalue weighted by Gasteiger charge is -2.28. The van der Waals surface area contributed by atoms with Crippen LogP contribution in [0, 0.1) is 0 Å². The number of nitrogens with zero attached hydrogens (tertiary/aromatic N) is 1. The van der Waals surface area contributed by atoms with Gasteiger partial charge in [-0.3, -0.25) is 9.69 Å². The molecule has 2 atom stereocenters. The maximum Gasteiger partial charge on any atom is 0.410 e. The summed E-state index contributed by atoms with van der Waals surface area (Å²) in [6.07, 6.45) is 1.90. The number of carbonyl (C=O) groups is 2. The minimum absolute atomic E-state index is 0.104. The highest BCUT2D eigenvalue weighted by Gasteiger charge is 2.36. The Hall–Kier alpha value is -2.82. The molecule has 2 aromatic rings. The molecular weight excluding hydrogens is 376 g/mol. The molecule has 1 aliphatic rings. The summed E-state index contributed by atoms with van der Waals surface area (Å²) in [6, 6.07) is 20.1. The monoisotopic (exact) mass is 408 g/mol. The molecule has 0 saturated carbocycles. The van der Waals surface area contributed by atoms with Gasteiger partial charge < -0.3 is 10.1 Å². The summed E-state index contributed by atoms with van der Waals surface area (Å²) in [5.74, 6) is 0.0567. The zero-order valence-electron chi connectivity index (χ0n) is 18.1. The van der Waals surface area contributed by atoms with Crippen LogP contribution in [0.2, 0.25) is 0 Å². The van der Waals surface area contributed by atoms with E-state index in [2.05, 4.69) is 29.6 Å². The van der Waals surface area contributed by atoms with Gasteiger partial charge in [0, 0.05) is 19.0 Å². The van der Waals surface area contributed by atoms with Crippen molar-refractivity contribution in [1.82, 2.24) is 10.2 Å². The van der Waals surface area contributed by atoms with Gasteiger partial charge in [0.2, 0.25) is 5.91 Å². The number of ether oxygens (including phenoxy) is 1. The molecule has 1 aliphatic heterocycles. The maximum atomic E-state index is 13.0. The molecule has 1 heterocycles. The SMILES string of the molecule is CC(C)(C)OC(=O)N1CCC[C@H]1C(=O)NC[C@@H](Cc1ccccc1)c1ccccc1. The summed E-state index contributed by atoms with van der Waals surface area (Å²) in [6.45, 7) is 6.59. The number of nitrogens with one attached hydrogen (secondary N) is 1. The van der Waals surface area contributed by atoms with Crippen molar-refractivity contribution in [3.63, 3.8) is 0 Å². The van der Waals surface area contributed by atoms with Gasteiger partial charge in [-0.15, -0.1) is 0 Å². The summed E-state index contributed by atoms with van der Waals surface area (Å²) in [5, 5.41) is 3.10. The molecule has 0 spiro atoms. The average Bonchev–Trinajstić information content (AvgIpc) is 3.21.